The highest BCUT2D eigenvalue weighted by atomic mass is 79.9. The van der Waals surface area contributed by atoms with E-state index in [0.29, 0.717) is 10.9 Å². The molecule has 2 saturated heterocycles. The van der Waals surface area contributed by atoms with Gasteiger partial charge in [0.2, 0.25) is 0 Å². The van der Waals surface area contributed by atoms with E-state index < -0.39 is 0 Å². The molecule has 2 heterocycles. The van der Waals surface area contributed by atoms with E-state index in [4.69, 9.17) is 9.47 Å². The molecule has 0 bridgehead atoms. The average molecular weight is 277 g/mol. The Kier molecular flexibility index (Phi) is 4.92. The summed E-state index contributed by atoms with van der Waals surface area (Å²) in [5.74, 6) is 0.722. The maximum Gasteiger partial charge on any atom is 0.0576 e. The van der Waals surface area contributed by atoms with Crippen LogP contribution in [0.1, 0.15) is 38.5 Å². The molecule has 3 heteroatoms. The Morgan fingerprint density at radius 3 is 2.80 bits per heavy atom. The third-order valence-corrected chi connectivity index (χ3v) is 4.71. The van der Waals surface area contributed by atoms with E-state index >= 15 is 0 Å². The molecule has 88 valence electrons. The summed E-state index contributed by atoms with van der Waals surface area (Å²) in [5.41, 5.74) is 0. The molecule has 0 spiro atoms. The number of halogens is 1. The zero-order chi connectivity index (χ0) is 10.5. The molecular formula is C12H21BrO2. The highest BCUT2D eigenvalue weighted by molar-refractivity contribution is 9.09. The molecule has 2 nitrogen and oxygen atoms in total. The first kappa shape index (κ1) is 11.9. The summed E-state index contributed by atoms with van der Waals surface area (Å²) >= 11 is 3.76. The zero-order valence-corrected chi connectivity index (χ0v) is 10.9. The molecule has 3 atom stereocenters. The van der Waals surface area contributed by atoms with Gasteiger partial charge in [-0.1, -0.05) is 22.4 Å². The monoisotopic (exact) mass is 276 g/mol. The molecule has 2 aliphatic heterocycles. The topological polar surface area (TPSA) is 18.5 Å². The van der Waals surface area contributed by atoms with Crippen molar-refractivity contribution in [2.45, 2.75) is 49.5 Å². The lowest BCUT2D eigenvalue weighted by Crippen LogP contribution is -2.27. The quantitative estimate of drug-likeness (QED) is 0.735. The van der Waals surface area contributed by atoms with Crippen molar-refractivity contribution in [3.8, 4) is 0 Å². The first-order valence-corrected chi connectivity index (χ1v) is 7.11. The van der Waals surface area contributed by atoms with Crippen LogP contribution in [0.4, 0.5) is 0 Å². The van der Waals surface area contributed by atoms with Gasteiger partial charge >= 0.3 is 0 Å². The van der Waals surface area contributed by atoms with Gasteiger partial charge < -0.3 is 9.47 Å². The molecule has 0 aromatic heterocycles. The summed E-state index contributed by atoms with van der Waals surface area (Å²) in [5, 5.41) is 0. The molecule has 0 aromatic carbocycles. The normalized spacial score (nSPS) is 37.0. The minimum Gasteiger partial charge on any atom is -0.381 e. The Hall–Kier alpha value is 0.400. The van der Waals surface area contributed by atoms with E-state index in [9.17, 15) is 0 Å². The third kappa shape index (κ3) is 3.72. The van der Waals surface area contributed by atoms with Gasteiger partial charge in [0.05, 0.1) is 12.7 Å². The van der Waals surface area contributed by atoms with Crippen LogP contribution in [0, 0.1) is 5.92 Å². The van der Waals surface area contributed by atoms with Crippen molar-refractivity contribution in [2.75, 3.05) is 19.8 Å². The largest absolute Gasteiger partial charge is 0.381 e. The smallest absolute Gasteiger partial charge is 0.0576 e. The zero-order valence-electron chi connectivity index (χ0n) is 9.29. The van der Waals surface area contributed by atoms with Crippen molar-refractivity contribution < 1.29 is 9.47 Å². The van der Waals surface area contributed by atoms with Gasteiger partial charge in [0.15, 0.2) is 0 Å². The van der Waals surface area contributed by atoms with Crippen molar-refractivity contribution in [2.24, 2.45) is 5.92 Å². The number of hydrogen-bond acceptors (Lipinski definition) is 2. The molecule has 2 fully saturated rings. The highest BCUT2D eigenvalue weighted by Gasteiger charge is 2.23. The first-order chi connectivity index (χ1) is 7.36. The Morgan fingerprint density at radius 2 is 2.07 bits per heavy atom. The fourth-order valence-electron chi connectivity index (χ4n) is 2.51. The predicted octanol–water partition coefficient (Wildman–Crippen LogP) is 3.14. The molecule has 3 unspecified atom stereocenters. The van der Waals surface area contributed by atoms with Crippen LogP contribution < -0.4 is 0 Å². The van der Waals surface area contributed by atoms with Crippen LogP contribution in [0.15, 0.2) is 0 Å². The predicted molar refractivity (Wildman–Crippen MR) is 64.5 cm³/mol. The lowest BCUT2D eigenvalue weighted by molar-refractivity contribution is 0.0525. The first-order valence-electron chi connectivity index (χ1n) is 6.19. The fraction of sp³-hybridized carbons (Fsp3) is 1.00. The van der Waals surface area contributed by atoms with E-state index in [1.807, 2.05) is 0 Å². The Bertz CT molecular complexity index is 180. The minimum absolute atomic E-state index is 0.559. The van der Waals surface area contributed by atoms with E-state index in [2.05, 4.69) is 15.9 Å². The van der Waals surface area contributed by atoms with Gasteiger partial charge in [0, 0.05) is 18.0 Å². The standard InChI is InChI=1S/C12H21BrO2/c13-12-6-8-14-9-10(12)3-1-4-11-5-2-7-15-11/h10-12H,1-9H2. The summed E-state index contributed by atoms with van der Waals surface area (Å²) in [6.07, 6.45) is 8.09. The van der Waals surface area contributed by atoms with Crippen LogP contribution >= 0.6 is 15.9 Å². The Morgan fingerprint density at radius 1 is 1.13 bits per heavy atom. The third-order valence-electron chi connectivity index (χ3n) is 3.51. The maximum atomic E-state index is 5.63. The Balaban J connectivity index is 1.59. The second kappa shape index (κ2) is 6.21. The highest BCUT2D eigenvalue weighted by Crippen LogP contribution is 2.27. The molecule has 2 aliphatic rings. The lowest BCUT2D eigenvalue weighted by atomic mass is 9.95. The van der Waals surface area contributed by atoms with E-state index in [-0.39, 0.29) is 0 Å². The van der Waals surface area contributed by atoms with Gasteiger partial charge in [-0.3, -0.25) is 0 Å². The molecule has 0 amide bonds. The van der Waals surface area contributed by atoms with E-state index in [1.165, 1.54) is 38.5 Å². The number of ether oxygens (including phenoxy) is 2. The van der Waals surface area contributed by atoms with Crippen molar-refractivity contribution in [1.82, 2.24) is 0 Å². The summed E-state index contributed by atoms with van der Waals surface area (Å²) < 4.78 is 11.1. The van der Waals surface area contributed by atoms with Gasteiger partial charge in [0.1, 0.15) is 0 Å². The Labute approximate surface area is 101 Å². The van der Waals surface area contributed by atoms with Crippen molar-refractivity contribution in [3.63, 3.8) is 0 Å². The van der Waals surface area contributed by atoms with Gasteiger partial charge in [-0.15, -0.1) is 0 Å². The lowest BCUT2D eigenvalue weighted by Gasteiger charge is -2.27. The van der Waals surface area contributed by atoms with E-state index in [0.717, 1.165) is 25.7 Å². The van der Waals surface area contributed by atoms with Gasteiger partial charge in [-0.05, 0) is 38.0 Å². The van der Waals surface area contributed by atoms with Crippen molar-refractivity contribution in [3.05, 3.63) is 0 Å². The summed E-state index contributed by atoms with van der Waals surface area (Å²) in [7, 11) is 0. The van der Waals surface area contributed by atoms with Crippen LogP contribution in [0.2, 0.25) is 0 Å². The second-order valence-electron chi connectivity index (χ2n) is 4.71. The summed E-state index contributed by atoms with van der Waals surface area (Å²) in [6.45, 7) is 2.86. The second-order valence-corrected chi connectivity index (χ2v) is 5.88. The van der Waals surface area contributed by atoms with Gasteiger partial charge in [-0.2, -0.15) is 0 Å². The molecule has 0 N–H and O–H groups in total. The van der Waals surface area contributed by atoms with Crippen molar-refractivity contribution in [1.29, 1.82) is 0 Å². The van der Waals surface area contributed by atoms with Crippen LogP contribution in [-0.4, -0.2) is 30.8 Å². The van der Waals surface area contributed by atoms with Crippen LogP contribution in [0.25, 0.3) is 0 Å². The average Bonchev–Trinajstić information content (AvgIpc) is 2.74. The minimum atomic E-state index is 0.559. The van der Waals surface area contributed by atoms with Gasteiger partial charge in [-0.25, -0.2) is 0 Å². The molecule has 15 heavy (non-hydrogen) atoms. The summed E-state index contributed by atoms with van der Waals surface area (Å²) in [4.78, 5) is 0.677. The van der Waals surface area contributed by atoms with E-state index in [1.54, 1.807) is 0 Å². The molecule has 0 aromatic rings. The van der Waals surface area contributed by atoms with Crippen LogP contribution in [0.3, 0.4) is 0 Å². The number of rotatable bonds is 4. The van der Waals surface area contributed by atoms with Crippen molar-refractivity contribution >= 4 is 15.9 Å². The fourth-order valence-corrected chi connectivity index (χ4v) is 3.12. The molecule has 0 saturated carbocycles. The molecular weight excluding hydrogens is 256 g/mol. The van der Waals surface area contributed by atoms with Crippen LogP contribution in [-0.2, 0) is 9.47 Å². The van der Waals surface area contributed by atoms with Crippen LogP contribution in [0.5, 0.6) is 0 Å². The molecule has 0 radical (unpaired) electrons. The SMILES string of the molecule is BrC1CCOCC1CCCC1CCCO1. The van der Waals surface area contributed by atoms with Gasteiger partial charge in [0.25, 0.3) is 0 Å². The number of hydrogen-bond donors (Lipinski definition) is 0. The maximum absolute atomic E-state index is 5.63. The number of alkyl halides is 1. The summed E-state index contributed by atoms with van der Waals surface area (Å²) in [6, 6.07) is 0. The molecule has 0 aliphatic carbocycles. The molecule has 2 rings (SSSR count).